The van der Waals surface area contributed by atoms with E-state index in [1.165, 1.54) is 4.57 Å². The third-order valence-electron chi connectivity index (χ3n) is 4.07. The van der Waals surface area contributed by atoms with Gasteiger partial charge < -0.3 is 15.1 Å². The van der Waals surface area contributed by atoms with Gasteiger partial charge in [0.1, 0.15) is 0 Å². The van der Waals surface area contributed by atoms with Crippen molar-refractivity contribution in [2.24, 2.45) is 5.92 Å². The minimum absolute atomic E-state index is 0.0929. The fourth-order valence-corrected chi connectivity index (χ4v) is 2.62. The zero-order valence-corrected chi connectivity index (χ0v) is 15.2. The number of hydrogen-bond donors (Lipinski definition) is 2. The molecule has 0 spiro atoms. The Balaban J connectivity index is 1.63. The van der Waals surface area contributed by atoms with Gasteiger partial charge >= 0.3 is 5.76 Å². The maximum absolute atomic E-state index is 12.3. The molecule has 2 amide bonds. The Morgan fingerprint density at radius 1 is 1.04 bits per heavy atom. The van der Waals surface area contributed by atoms with E-state index in [0.29, 0.717) is 22.5 Å². The summed E-state index contributed by atoms with van der Waals surface area (Å²) in [5.74, 6) is -0.946. The number of benzene rings is 2. The minimum Gasteiger partial charge on any atom is -0.408 e. The lowest BCUT2D eigenvalue weighted by Crippen LogP contribution is -2.20. The highest BCUT2D eigenvalue weighted by atomic mass is 16.4. The molecular weight excluding hydrogens is 346 g/mol. The first-order valence-corrected chi connectivity index (χ1v) is 8.73. The fourth-order valence-electron chi connectivity index (χ4n) is 2.62. The molecule has 0 radical (unpaired) electrons. The summed E-state index contributed by atoms with van der Waals surface area (Å²) in [4.78, 5) is 36.0. The predicted octanol–water partition coefficient (Wildman–Crippen LogP) is 3.22. The molecular formula is C20H21N3O4. The van der Waals surface area contributed by atoms with Gasteiger partial charge in [-0.05, 0) is 30.3 Å². The van der Waals surface area contributed by atoms with Crippen molar-refractivity contribution in [3.05, 3.63) is 59.1 Å². The number of nitrogens with zero attached hydrogens (tertiary/aromatic N) is 1. The van der Waals surface area contributed by atoms with E-state index in [-0.39, 0.29) is 30.7 Å². The lowest BCUT2D eigenvalue weighted by atomic mass is 10.2. The van der Waals surface area contributed by atoms with E-state index >= 15 is 0 Å². The summed E-state index contributed by atoms with van der Waals surface area (Å²) in [6, 6.07) is 14.0. The quantitative estimate of drug-likeness (QED) is 0.699. The van der Waals surface area contributed by atoms with Gasteiger partial charge in [-0.25, -0.2) is 4.79 Å². The van der Waals surface area contributed by atoms with Gasteiger partial charge in [-0.15, -0.1) is 0 Å². The van der Waals surface area contributed by atoms with Crippen LogP contribution in [0.5, 0.6) is 0 Å². The number of anilines is 2. The lowest BCUT2D eigenvalue weighted by Gasteiger charge is -2.10. The summed E-state index contributed by atoms with van der Waals surface area (Å²) in [5.41, 5.74) is 2.35. The SMILES string of the molecule is CC(C)C(=O)Nc1cccc(NC(=O)CCn2c(=O)oc3ccccc32)c1. The number of carbonyl (C=O) groups is 2. The molecule has 1 aromatic heterocycles. The Morgan fingerprint density at radius 2 is 1.74 bits per heavy atom. The summed E-state index contributed by atoms with van der Waals surface area (Å²) in [5, 5.41) is 5.57. The predicted molar refractivity (Wildman–Crippen MR) is 104 cm³/mol. The number of amides is 2. The van der Waals surface area contributed by atoms with Gasteiger partial charge in [0, 0.05) is 30.3 Å². The number of aryl methyl sites for hydroxylation is 1. The van der Waals surface area contributed by atoms with Crippen molar-refractivity contribution >= 4 is 34.3 Å². The summed E-state index contributed by atoms with van der Waals surface area (Å²) in [6.07, 6.45) is 0.117. The fraction of sp³-hybridized carbons (Fsp3) is 0.250. The van der Waals surface area contributed by atoms with Crippen LogP contribution in [0.3, 0.4) is 0 Å². The zero-order valence-electron chi connectivity index (χ0n) is 15.2. The largest absolute Gasteiger partial charge is 0.419 e. The van der Waals surface area contributed by atoms with Crippen LogP contribution in [0.4, 0.5) is 11.4 Å². The van der Waals surface area contributed by atoms with Gasteiger partial charge in [-0.3, -0.25) is 14.2 Å². The van der Waals surface area contributed by atoms with E-state index in [2.05, 4.69) is 10.6 Å². The number of para-hydroxylation sites is 2. The lowest BCUT2D eigenvalue weighted by molar-refractivity contribution is -0.119. The molecule has 2 aromatic carbocycles. The Morgan fingerprint density at radius 3 is 2.48 bits per heavy atom. The topological polar surface area (TPSA) is 93.3 Å². The van der Waals surface area contributed by atoms with Crippen LogP contribution in [0.1, 0.15) is 20.3 Å². The second kappa shape index (κ2) is 7.90. The first-order valence-electron chi connectivity index (χ1n) is 8.73. The third-order valence-corrected chi connectivity index (χ3v) is 4.07. The molecule has 3 aromatic rings. The van der Waals surface area contributed by atoms with Crippen molar-refractivity contribution in [1.82, 2.24) is 4.57 Å². The van der Waals surface area contributed by atoms with Crippen LogP contribution in [-0.2, 0) is 16.1 Å². The molecule has 3 rings (SSSR count). The van der Waals surface area contributed by atoms with Gasteiger partial charge in [0.25, 0.3) is 0 Å². The molecule has 0 aliphatic heterocycles. The van der Waals surface area contributed by atoms with Crippen molar-refractivity contribution in [3.63, 3.8) is 0 Å². The van der Waals surface area contributed by atoms with Crippen LogP contribution < -0.4 is 16.4 Å². The van der Waals surface area contributed by atoms with Gasteiger partial charge in [0.15, 0.2) is 5.58 Å². The number of hydrogen-bond acceptors (Lipinski definition) is 4. The van der Waals surface area contributed by atoms with Crippen LogP contribution in [0, 0.1) is 5.92 Å². The highest BCUT2D eigenvalue weighted by Crippen LogP contribution is 2.17. The number of fused-ring (bicyclic) bond motifs is 1. The van der Waals surface area contributed by atoms with Crippen LogP contribution in [0.2, 0.25) is 0 Å². The molecule has 1 heterocycles. The van der Waals surface area contributed by atoms with E-state index in [4.69, 9.17) is 4.42 Å². The van der Waals surface area contributed by atoms with Crippen molar-refractivity contribution in [2.45, 2.75) is 26.8 Å². The first kappa shape index (κ1) is 18.4. The van der Waals surface area contributed by atoms with Crippen LogP contribution in [0.25, 0.3) is 11.1 Å². The molecule has 0 bridgehead atoms. The van der Waals surface area contributed by atoms with Gasteiger partial charge in [-0.1, -0.05) is 32.0 Å². The minimum atomic E-state index is -0.484. The molecule has 7 nitrogen and oxygen atoms in total. The molecule has 0 aliphatic carbocycles. The molecule has 0 atom stereocenters. The normalized spacial score (nSPS) is 10.9. The van der Waals surface area contributed by atoms with Crippen LogP contribution >= 0.6 is 0 Å². The Labute approximate surface area is 156 Å². The molecule has 7 heteroatoms. The Hall–Kier alpha value is -3.35. The third kappa shape index (κ3) is 4.44. The molecule has 0 aliphatic rings. The molecule has 27 heavy (non-hydrogen) atoms. The van der Waals surface area contributed by atoms with Gasteiger partial charge in [-0.2, -0.15) is 0 Å². The average molecular weight is 367 g/mol. The molecule has 0 saturated heterocycles. The van der Waals surface area contributed by atoms with E-state index in [0.717, 1.165) is 0 Å². The van der Waals surface area contributed by atoms with E-state index in [9.17, 15) is 14.4 Å². The van der Waals surface area contributed by atoms with Crippen LogP contribution in [-0.4, -0.2) is 16.4 Å². The molecule has 0 fully saturated rings. The Bertz CT molecular complexity index is 1030. The van der Waals surface area contributed by atoms with E-state index in [1.54, 1.807) is 42.5 Å². The number of carbonyl (C=O) groups excluding carboxylic acids is 2. The summed E-state index contributed by atoms with van der Waals surface area (Å²) in [6.45, 7) is 3.83. The van der Waals surface area contributed by atoms with E-state index < -0.39 is 5.76 Å². The van der Waals surface area contributed by atoms with Crippen molar-refractivity contribution in [2.75, 3.05) is 10.6 Å². The Kier molecular flexibility index (Phi) is 5.40. The standard InChI is InChI=1S/C20H21N3O4/c1-13(2)19(25)22-15-7-5-6-14(12-15)21-18(24)10-11-23-16-8-3-4-9-17(16)27-20(23)26/h3-9,12-13H,10-11H2,1-2H3,(H,21,24)(H,22,25). The van der Waals surface area contributed by atoms with Gasteiger partial charge in [0.05, 0.1) is 5.52 Å². The number of nitrogens with one attached hydrogen (secondary N) is 2. The summed E-state index contributed by atoms with van der Waals surface area (Å²) >= 11 is 0. The smallest absolute Gasteiger partial charge is 0.408 e. The maximum Gasteiger partial charge on any atom is 0.419 e. The number of oxazole rings is 1. The highest BCUT2D eigenvalue weighted by molar-refractivity contribution is 5.94. The summed E-state index contributed by atoms with van der Waals surface area (Å²) in [7, 11) is 0. The van der Waals surface area contributed by atoms with Crippen molar-refractivity contribution < 1.29 is 14.0 Å². The molecule has 140 valence electrons. The van der Waals surface area contributed by atoms with Crippen molar-refractivity contribution in [3.8, 4) is 0 Å². The molecule has 2 N–H and O–H groups in total. The van der Waals surface area contributed by atoms with Crippen molar-refractivity contribution in [1.29, 1.82) is 0 Å². The van der Waals surface area contributed by atoms with Gasteiger partial charge in [0.2, 0.25) is 11.8 Å². The summed E-state index contributed by atoms with van der Waals surface area (Å²) < 4.78 is 6.60. The second-order valence-electron chi connectivity index (χ2n) is 6.51. The maximum atomic E-state index is 12.3. The number of rotatable bonds is 6. The monoisotopic (exact) mass is 367 g/mol. The van der Waals surface area contributed by atoms with E-state index in [1.807, 2.05) is 19.9 Å². The second-order valence-corrected chi connectivity index (χ2v) is 6.51. The number of aromatic nitrogens is 1. The molecule has 0 unspecified atom stereocenters. The average Bonchev–Trinajstić information content (AvgIpc) is 2.95. The van der Waals surface area contributed by atoms with Crippen LogP contribution in [0.15, 0.2) is 57.7 Å². The highest BCUT2D eigenvalue weighted by Gasteiger charge is 2.11. The first-order chi connectivity index (χ1) is 12.9. The zero-order chi connectivity index (χ0) is 19.4. The molecule has 0 saturated carbocycles.